The van der Waals surface area contributed by atoms with Gasteiger partial charge in [-0.2, -0.15) is 0 Å². The number of hydrogen-bond acceptors (Lipinski definition) is 6. The third kappa shape index (κ3) is 5.14. The zero-order chi connectivity index (χ0) is 25.1. The van der Waals surface area contributed by atoms with Gasteiger partial charge in [0.25, 0.3) is 0 Å². The minimum absolute atomic E-state index is 0.00764. The van der Waals surface area contributed by atoms with Crippen LogP contribution in [0, 0.1) is 5.92 Å². The Labute approximate surface area is 206 Å². The highest BCUT2D eigenvalue weighted by molar-refractivity contribution is 6.02. The highest BCUT2D eigenvalue weighted by atomic mass is 16.5. The van der Waals surface area contributed by atoms with Crippen molar-refractivity contribution in [3.05, 3.63) is 58.8 Å². The van der Waals surface area contributed by atoms with E-state index in [1.54, 1.807) is 33.5 Å². The molecule has 1 heterocycles. The van der Waals surface area contributed by atoms with Crippen LogP contribution in [-0.2, 0) is 9.59 Å². The molecule has 0 radical (unpaired) electrons. The van der Waals surface area contributed by atoms with Crippen LogP contribution >= 0.6 is 0 Å². The first-order valence-electron chi connectivity index (χ1n) is 11.9. The number of allylic oxidation sites excluding steroid dienone is 2. The van der Waals surface area contributed by atoms with Gasteiger partial charge in [-0.25, -0.2) is 0 Å². The van der Waals surface area contributed by atoms with E-state index in [0.717, 1.165) is 16.9 Å². The number of ether oxygens (including phenoxy) is 4. The van der Waals surface area contributed by atoms with Crippen molar-refractivity contribution in [3.63, 3.8) is 0 Å². The lowest BCUT2D eigenvalue weighted by Gasteiger charge is -2.35. The summed E-state index contributed by atoms with van der Waals surface area (Å²) in [6, 6.07) is 11.5. The Morgan fingerprint density at radius 1 is 0.886 bits per heavy atom. The molecule has 35 heavy (non-hydrogen) atoms. The van der Waals surface area contributed by atoms with Crippen molar-refractivity contribution in [2.24, 2.45) is 5.92 Å². The summed E-state index contributed by atoms with van der Waals surface area (Å²) in [5.41, 5.74) is 3.15. The van der Waals surface area contributed by atoms with Gasteiger partial charge in [-0.15, -0.1) is 0 Å². The van der Waals surface area contributed by atoms with E-state index in [9.17, 15) is 9.59 Å². The number of hydrogen-bond donors (Lipinski definition) is 1. The lowest BCUT2D eigenvalue weighted by atomic mass is 9.73. The highest BCUT2D eigenvalue weighted by Crippen LogP contribution is 2.47. The maximum Gasteiger partial charge on any atom is 0.225 e. The van der Waals surface area contributed by atoms with Gasteiger partial charge >= 0.3 is 0 Å². The first-order valence-corrected chi connectivity index (χ1v) is 11.9. The van der Waals surface area contributed by atoms with E-state index in [1.807, 2.05) is 24.3 Å². The molecule has 2 aliphatic rings. The predicted molar refractivity (Wildman–Crippen MR) is 132 cm³/mol. The standard InChI is InChI=1S/C28H33NO6/c1-16(2)15-35-19-8-6-17(7-9-19)18-10-22-28(23(30)11-18)21(13-27(31)29-22)20-12-25(33-4)26(34-5)14-24(20)32-3/h6-9,12,14,16,18,21H,10-11,13,15H2,1-5H3,(H,29,31). The van der Waals surface area contributed by atoms with Crippen LogP contribution in [0.15, 0.2) is 47.7 Å². The molecule has 0 saturated heterocycles. The maximum atomic E-state index is 13.5. The number of nitrogens with one attached hydrogen (secondary N) is 1. The molecule has 0 aromatic heterocycles. The topological polar surface area (TPSA) is 83.1 Å². The number of benzene rings is 2. The van der Waals surface area contributed by atoms with Crippen molar-refractivity contribution >= 4 is 11.7 Å². The van der Waals surface area contributed by atoms with Crippen LogP contribution in [0.2, 0.25) is 0 Å². The molecular weight excluding hydrogens is 446 g/mol. The number of ketones is 1. The van der Waals surface area contributed by atoms with Crippen molar-refractivity contribution in [2.45, 2.75) is 44.9 Å². The summed E-state index contributed by atoms with van der Waals surface area (Å²) < 4.78 is 22.3. The highest BCUT2D eigenvalue weighted by Gasteiger charge is 2.39. The largest absolute Gasteiger partial charge is 0.496 e. The monoisotopic (exact) mass is 479 g/mol. The first-order chi connectivity index (χ1) is 16.8. The Hall–Kier alpha value is -3.48. The fourth-order valence-electron chi connectivity index (χ4n) is 4.89. The van der Waals surface area contributed by atoms with Gasteiger partial charge in [0.05, 0.1) is 27.9 Å². The molecule has 7 nitrogen and oxygen atoms in total. The third-order valence-electron chi connectivity index (χ3n) is 6.58. The van der Waals surface area contributed by atoms with Gasteiger partial charge < -0.3 is 24.3 Å². The molecule has 0 fully saturated rings. The summed E-state index contributed by atoms with van der Waals surface area (Å²) in [5.74, 6) is 2.38. The molecule has 1 aliphatic heterocycles. The molecular formula is C28H33NO6. The zero-order valence-electron chi connectivity index (χ0n) is 21.0. The van der Waals surface area contributed by atoms with Crippen LogP contribution in [0.1, 0.15) is 56.1 Å². The van der Waals surface area contributed by atoms with Gasteiger partial charge in [-0.1, -0.05) is 26.0 Å². The Kier molecular flexibility index (Phi) is 7.34. The number of carbonyl (C=O) groups excluding carboxylic acids is 2. The normalized spacial score (nSPS) is 19.8. The zero-order valence-corrected chi connectivity index (χ0v) is 21.0. The van der Waals surface area contributed by atoms with E-state index >= 15 is 0 Å². The molecule has 1 amide bonds. The fourth-order valence-corrected chi connectivity index (χ4v) is 4.89. The molecule has 1 aliphatic carbocycles. The van der Waals surface area contributed by atoms with Crippen LogP contribution in [-0.4, -0.2) is 39.6 Å². The molecule has 0 spiro atoms. The van der Waals surface area contributed by atoms with Gasteiger partial charge in [0.1, 0.15) is 11.5 Å². The lowest BCUT2D eigenvalue weighted by molar-refractivity contribution is -0.122. The molecule has 2 unspecified atom stereocenters. The van der Waals surface area contributed by atoms with E-state index in [1.165, 1.54) is 0 Å². The van der Waals surface area contributed by atoms with Crippen molar-refractivity contribution in [1.29, 1.82) is 0 Å². The molecule has 2 aromatic carbocycles. The van der Waals surface area contributed by atoms with Crippen LogP contribution < -0.4 is 24.3 Å². The molecule has 0 bridgehead atoms. The average molecular weight is 480 g/mol. The van der Waals surface area contributed by atoms with Gasteiger partial charge in [-0.05, 0) is 42.0 Å². The van der Waals surface area contributed by atoms with Gasteiger partial charge in [0.15, 0.2) is 17.3 Å². The second-order valence-electron chi connectivity index (χ2n) is 9.45. The molecule has 2 atom stereocenters. The molecule has 4 rings (SSSR count). The van der Waals surface area contributed by atoms with E-state index in [2.05, 4.69) is 19.2 Å². The number of rotatable bonds is 8. The molecule has 0 saturated carbocycles. The predicted octanol–water partition coefficient (Wildman–Crippen LogP) is 4.75. The number of amides is 1. The maximum absolute atomic E-state index is 13.5. The minimum Gasteiger partial charge on any atom is -0.496 e. The molecule has 7 heteroatoms. The van der Waals surface area contributed by atoms with Gasteiger partial charge in [0, 0.05) is 41.7 Å². The quantitative estimate of drug-likeness (QED) is 0.588. The van der Waals surface area contributed by atoms with E-state index in [4.69, 9.17) is 18.9 Å². The SMILES string of the molecule is COc1cc(OC)c(C2CC(=O)NC3=C2C(=O)CC(c2ccc(OCC(C)C)cc2)C3)cc1OC. The van der Waals surface area contributed by atoms with Gasteiger partial charge in [0.2, 0.25) is 5.91 Å². The van der Waals surface area contributed by atoms with Crippen molar-refractivity contribution in [3.8, 4) is 23.0 Å². The summed E-state index contributed by atoms with van der Waals surface area (Å²) in [6.07, 6.45) is 1.14. The number of Topliss-reactive ketones (excluding diaryl/α,β-unsaturated/α-hetero) is 1. The third-order valence-corrected chi connectivity index (χ3v) is 6.58. The van der Waals surface area contributed by atoms with Crippen molar-refractivity contribution in [2.75, 3.05) is 27.9 Å². The minimum atomic E-state index is -0.409. The lowest BCUT2D eigenvalue weighted by Crippen LogP contribution is -2.38. The first kappa shape index (κ1) is 24.6. The fraction of sp³-hybridized carbons (Fsp3) is 0.429. The second-order valence-corrected chi connectivity index (χ2v) is 9.45. The molecule has 2 aromatic rings. The summed E-state index contributed by atoms with van der Waals surface area (Å²) in [5, 5.41) is 2.98. The van der Waals surface area contributed by atoms with Gasteiger partial charge in [-0.3, -0.25) is 9.59 Å². The summed E-state index contributed by atoms with van der Waals surface area (Å²) >= 11 is 0. The van der Waals surface area contributed by atoms with Crippen LogP contribution in [0.3, 0.4) is 0 Å². The van der Waals surface area contributed by atoms with Crippen LogP contribution in [0.4, 0.5) is 0 Å². The Bertz CT molecular complexity index is 1130. The van der Waals surface area contributed by atoms with E-state index < -0.39 is 5.92 Å². The number of methoxy groups -OCH3 is 3. The summed E-state index contributed by atoms with van der Waals surface area (Å²) in [7, 11) is 4.68. The Morgan fingerprint density at radius 3 is 2.17 bits per heavy atom. The smallest absolute Gasteiger partial charge is 0.225 e. The van der Waals surface area contributed by atoms with Crippen molar-refractivity contribution in [1.82, 2.24) is 5.32 Å². The Balaban J connectivity index is 1.65. The summed E-state index contributed by atoms with van der Waals surface area (Å²) in [6.45, 7) is 4.87. The van der Waals surface area contributed by atoms with Crippen LogP contribution in [0.25, 0.3) is 0 Å². The Morgan fingerprint density at radius 2 is 1.54 bits per heavy atom. The van der Waals surface area contributed by atoms with Crippen molar-refractivity contribution < 1.29 is 28.5 Å². The number of carbonyl (C=O) groups is 2. The van der Waals surface area contributed by atoms with Crippen LogP contribution in [0.5, 0.6) is 23.0 Å². The average Bonchev–Trinajstić information content (AvgIpc) is 2.86. The summed E-state index contributed by atoms with van der Waals surface area (Å²) in [4.78, 5) is 26.2. The van der Waals surface area contributed by atoms with E-state index in [0.29, 0.717) is 53.9 Å². The molecule has 1 N–H and O–H groups in total. The van der Waals surface area contributed by atoms with E-state index in [-0.39, 0.29) is 24.0 Å². The second kappa shape index (κ2) is 10.4. The molecule has 186 valence electrons.